The number of hydrogen-bond donors (Lipinski definition) is 2. The third kappa shape index (κ3) is 4.36. The summed E-state index contributed by atoms with van der Waals surface area (Å²) in [6.07, 6.45) is 0.409. The second-order valence-electron chi connectivity index (χ2n) is 8.18. The summed E-state index contributed by atoms with van der Waals surface area (Å²) in [5, 5.41) is 13.7. The van der Waals surface area contributed by atoms with Gasteiger partial charge in [0, 0.05) is 48.8 Å². The van der Waals surface area contributed by atoms with Crippen molar-refractivity contribution in [3.63, 3.8) is 0 Å². The number of rotatable bonds is 6. The van der Waals surface area contributed by atoms with Crippen LogP contribution in [0.5, 0.6) is 17.2 Å². The Bertz CT molecular complexity index is 1040. The van der Waals surface area contributed by atoms with Crippen LogP contribution >= 0.6 is 0 Å². The van der Waals surface area contributed by atoms with Crippen LogP contribution in [0.15, 0.2) is 30.3 Å². The van der Waals surface area contributed by atoms with E-state index in [1.54, 1.807) is 11.0 Å². The van der Waals surface area contributed by atoms with Crippen molar-refractivity contribution in [1.82, 2.24) is 4.90 Å². The van der Waals surface area contributed by atoms with Crippen molar-refractivity contribution >= 4 is 17.5 Å². The molecule has 2 N–H and O–H groups in total. The molecule has 8 heteroatoms. The molecule has 8 nitrogen and oxygen atoms in total. The van der Waals surface area contributed by atoms with E-state index in [0.29, 0.717) is 36.8 Å². The number of nitrogens with zero attached hydrogens (tertiary/aromatic N) is 1. The minimum Gasteiger partial charge on any atom is -0.507 e. The van der Waals surface area contributed by atoms with Gasteiger partial charge >= 0.3 is 0 Å². The lowest BCUT2D eigenvalue weighted by molar-refractivity contribution is -0.138. The molecule has 2 aliphatic rings. The predicted molar refractivity (Wildman–Crippen MR) is 118 cm³/mol. The SMILES string of the molecule is COc1cc(O)c(C(CC(=O)N2CCOC(C)C2)c2ccc3c(c2)CC(=O)N3)c(OC)c1. The molecule has 170 valence electrons. The van der Waals surface area contributed by atoms with Crippen molar-refractivity contribution in [3.05, 3.63) is 47.0 Å². The van der Waals surface area contributed by atoms with E-state index < -0.39 is 5.92 Å². The summed E-state index contributed by atoms with van der Waals surface area (Å²) < 4.78 is 16.4. The molecule has 4 rings (SSSR count). The smallest absolute Gasteiger partial charge is 0.228 e. The van der Waals surface area contributed by atoms with Gasteiger partial charge in [-0.15, -0.1) is 0 Å². The van der Waals surface area contributed by atoms with Gasteiger partial charge in [0.25, 0.3) is 0 Å². The monoisotopic (exact) mass is 440 g/mol. The van der Waals surface area contributed by atoms with Gasteiger partial charge in [-0.2, -0.15) is 0 Å². The molecule has 2 aromatic rings. The maximum absolute atomic E-state index is 13.3. The van der Waals surface area contributed by atoms with Crippen molar-refractivity contribution < 1.29 is 28.9 Å². The Morgan fingerprint density at radius 2 is 2.09 bits per heavy atom. The third-order valence-electron chi connectivity index (χ3n) is 6.03. The van der Waals surface area contributed by atoms with E-state index in [2.05, 4.69) is 5.32 Å². The van der Waals surface area contributed by atoms with Crippen molar-refractivity contribution in [1.29, 1.82) is 0 Å². The Labute approximate surface area is 187 Å². The fraction of sp³-hybridized carbons (Fsp3) is 0.417. The third-order valence-corrected chi connectivity index (χ3v) is 6.03. The van der Waals surface area contributed by atoms with E-state index in [0.717, 1.165) is 16.8 Å². The lowest BCUT2D eigenvalue weighted by Crippen LogP contribution is -2.44. The number of aromatic hydroxyl groups is 1. The second kappa shape index (κ2) is 9.08. The highest BCUT2D eigenvalue weighted by molar-refractivity contribution is 5.99. The maximum Gasteiger partial charge on any atom is 0.228 e. The number of ether oxygens (including phenoxy) is 3. The van der Waals surface area contributed by atoms with Crippen LogP contribution in [0.1, 0.15) is 36.0 Å². The normalized spacial score (nSPS) is 18.7. The standard InChI is InChI=1S/C24H28N2O6/c1-14-13-26(6-7-32-14)23(29)12-18(15-4-5-19-16(8-15)9-22(28)25-19)24-20(27)10-17(30-2)11-21(24)31-3/h4-5,8,10-11,14,18,27H,6-7,9,12-13H2,1-3H3,(H,25,28). The molecule has 0 radical (unpaired) electrons. The van der Waals surface area contributed by atoms with Gasteiger partial charge in [-0.3, -0.25) is 9.59 Å². The molecule has 1 saturated heterocycles. The number of morpholine rings is 1. The molecule has 0 bridgehead atoms. The van der Waals surface area contributed by atoms with Crippen LogP contribution in [-0.4, -0.2) is 61.8 Å². The first-order valence-electron chi connectivity index (χ1n) is 10.7. The Kier molecular flexibility index (Phi) is 6.23. The lowest BCUT2D eigenvalue weighted by Gasteiger charge is -2.32. The minimum atomic E-state index is -0.470. The van der Waals surface area contributed by atoms with E-state index >= 15 is 0 Å². The van der Waals surface area contributed by atoms with Crippen LogP contribution in [0.2, 0.25) is 0 Å². The number of hydrogen-bond acceptors (Lipinski definition) is 6. The summed E-state index contributed by atoms with van der Waals surface area (Å²) in [5.74, 6) is 0.323. The zero-order chi connectivity index (χ0) is 22.8. The highest BCUT2D eigenvalue weighted by Gasteiger charge is 2.30. The van der Waals surface area contributed by atoms with E-state index in [9.17, 15) is 14.7 Å². The molecule has 32 heavy (non-hydrogen) atoms. The van der Waals surface area contributed by atoms with E-state index in [1.165, 1.54) is 20.3 Å². The predicted octanol–water partition coefficient (Wildman–Crippen LogP) is 2.67. The van der Waals surface area contributed by atoms with Crippen LogP contribution in [0.4, 0.5) is 5.69 Å². The number of benzene rings is 2. The van der Waals surface area contributed by atoms with Gasteiger partial charge in [-0.25, -0.2) is 0 Å². The average Bonchev–Trinajstić information content (AvgIpc) is 3.16. The number of anilines is 1. The average molecular weight is 440 g/mol. The molecule has 2 amide bonds. The molecule has 2 aliphatic heterocycles. The Balaban J connectivity index is 1.75. The topological polar surface area (TPSA) is 97.3 Å². The fourth-order valence-corrected chi connectivity index (χ4v) is 4.43. The highest BCUT2D eigenvalue weighted by atomic mass is 16.5. The molecule has 2 heterocycles. The number of carbonyl (C=O) groups is 2. The van der Waals surface area contributed by atoms with Gasteiger partial charge in [0.1, 0.15) is 17.2 Å². The second-order valence-corrected chi connectivity index (χ2v) is 8.18. The summed E-state index contributed by atoms with van der Waals surface area (Å²) in [5.41, 5.74) is 2.99. The number of phenolic OH excluding ortho intramolecular Hbond substituents is 1. The molecular weight excluding hydrogens is 412 g/mol. The van der Waals surface area contributed by atoms with Crippen LogP contribution in [0.25, 0.3) is 0 Å². The van der Waals surface area contributed by atoms with Crippen LogP contribution in [0.3, 0.4) is 0 Å². The number of fused-ring (bicyclic) bond motifs is 1. The lowest BCUT2D eigenvalue weighted by atomic mass is 9.85. The van der Waals surface area contributed by atoms with Gasteiger partial charge in [0.2, 0.25) is 11.8 Å². The fourth-order valence-electron chi connectivity index (χ4n) is 4.43. The largest absolute Gasteiger partial charge is 0.507 e. The van der Waals surface area contributed by atoms with Crippen molar-refractivity contribution in [2.24, 2.45) is 0 Å². The van der Waals surface area contributed by atoms with Crippen LogP contribution in [-0.2, 0) is 20.7 Å². The van der Waals surface area contributed by atoms with Crippen LogP contribution < -0.4 is 14.8 Å². The van der Waals surface area contributed by atoms with Gasteiger partial charge in [0.15, 0.2) is 0 Å². The molecule has 0 spiro atoms. The molecule has 2 aromatic carbocycles. The number of amides is 2. The molecule has 1 fully saturated rings. The summed E-state index contributed by atoms with van der Waals surface area (Å²) in [7, 11) is 3.03. The number of nitrogens with one attached hydrogen (secondary N) is 1. The van der Waals surface area contributed by atoms with Gasteiger partial charge in [0.05, 0.1) is 33.4 Å². The van der Waals surface area contributed by atoms with Gasteiger partial charge in [-0.05, 0) is 24.1 Å². The van der Waals surface area contributed by atoms with Crippen molar-refractivity contribution in [3.8, 4) is 17.2 Å². The number of carbonyl (C=O) groups excluding carboxylic acids is 2. The van der Waals surface area contributed by atoms with Crippen LogP contribution in [0, 0.1) is 0 Å². The Morgan fingerprint density at radius 3 is 2.81 bits per heavy atom. The number of phenols is 1. The molecular formula is C24H28N2O6. The first kappa shape index (κ1) is 22.0. The van der Waals surface area contributed by atoms with E-state index in [-0.39, 0.29) is 36.5 Å². The number of methoxy groups -OCH3 is 2. The Morgan fingerprint density at radius 1 is 1.28 bits per heavy atom. The van der Waals surface area contributed by atoms with Gasteiger partial charge in [-0.1, -0.05) is 12.1 Å². The van der Waals surface area contributed by atoms with Gasteiger partial charge < -0.3 is 29.5 Å². The maximum atomic E-state index is 13.3. The minimum absolute atomic E-state index is 0.0101. The van der Waals surface area contributed by atoms with Crippen molar-refractivity contribution in [2.45, 2.75) is 31.8 Å². The summed E-state index contributed by atoms with van der Waals surface area (Å²) in [6.45, 7) is 3.51. The molecule has 0 aliphatic carbocycles. The highest BCUT2D eigenvalue weighted by Crippen LogP contribution is 2.44. The van der Waals surface area contributed by atoms with E-state index in [4.69, 9.17) is 14.2 Å². The summed E-state index contributed by atoms with van der Waals surface area (Å²) in [4.78, 5) is 26.9. The van der Waals surface area contributed by atoms with Crippen molar-refractivity contribution in [2.75, 3.05) is 39.2 Å². The first-order valence-corrected chi connectivity index (χ1v) is 10.7. The first-order chi connectivity index (χ1) is 15.4. The quantitative estimate of drug-likeness (QED) is 0.717. The Hall–Kier alpha value is -3.26. The molecule has 0 saturated carbocycles. The summed E-state index contributed by atoms with van der Waals surface area (Å²) in [6, 6.07) is 8.87. The molecule has 2 atom stereocenters. The molecule has 2 unspecified atom stereocenters. The zero-order valence-corrected chi connectivity index (χ0v) is 18.5. The zero-order valence-electron chi connectivity index (χ0n) is 18.5. The van der Waals surface area contributed by atoms with E-state index in [1.807, 2.05) is 25.1 Å². The molecule has 0 aromatic heterocycles. The summed E-state index contributed by atoms with van der Waals surface area (Å²) >= 11 is 0.